The van der Waals surface area contributed by atoms with Crippen LogP contribution >= 0.6 is 0 Å². The van der Waals surface area contributed by atoms with Crippen LogP contribution in [-0.2, 0) is 22.6 Å². The third-order valence-electron chi connectivity index (χ3n) is 5.87. The minimum Gasteiger partial charge on any atom is -0.497 e. The van der Waals surface area contributed by atoms with Crippen molar-refractivity contribution in [1.82, 2.24) is 15.5 Å². The van der Waals surface area contributed by atoms with E-state index in [9.17, 15) is 9.59 Å². The molecular weight excluding hydrogens is 382 g/mol. The monoisotopic (exact) mass is 409 g/mol. The van der Waals surface area contributed by atoms with E-state index in [4.69, 9.17) is 9.47 Å². The second-order valence-electron chi connectivity index (χ2n) is 7.75. The lowest BCUT2D eigenvalue weighted by Gasteiger charge is -2.34. The normalized spacial score (nSPS) is 23.1. The fourth-order valence-corrected chi connectivity index (χ4v) is 4.24. The van der Waals surface area contributed by atoms with E-state index in [0.717, 1.165) is 22.6 Å². The van der Waals surface area contributed by atoms with Gasteiger partial charge in [-0.15, -0.1) is 0 Å². The number of methoxy groups -OCH3 is 2. The maximum atomic E-state index is 13.0. The molecule has 2 saturated heterocycles. The summed E-state index contributed by atoms with van der Waals surface area (Å²) in [6, 6.07) is 14.5. The summed E-state index contributed by atoms with van der Waals surface area (Å²) < 4.78 is 10.6. The van der Waals surface area contributed by atoms with Gasteiger partial charge >= 0.3 is 0 Å². The summed E-state index contributed by atoms with van der Waals surface area (Å²) in [5.74, 6) is 1.50. The molecule has 2 aliphatic rings. The molecule has 7 nitrogen and oxygen atoms in total. The average molecular weight is 409 g/mol. The zero-order valence-corrected chi connectivity index (χ0v) is 17.3. The highest BCUT2D eigenvalue weighted by Gasteiger charge is 2.46. The quantitative estimate of drug-likeness (QED) is 0.725. The van der Waals surface area contributed by atoms with Gasteiger partial charge in [0.2, 0.25) is 11.8 Å². The summed E-state index contributed by atoms with van der Waals surface area (Å²) >= 11 is 0. The molecule has 0 aromatic heterocycles. The summed E-state index contributed by atoms with van der Waals surface area (Å²) in [7, 11) is 3.27. The van der Waals surface area contributed by atoms with Crippen LogP contribution in [0.5, 0.6) is 11.5 Å². The molecule has 7 heteroatoms. The van der Waals surface area contributed by atoms with E-state index in [2.05, 4.69) is 10.6 Å². The SMILES string of the molecule is COc1ccc(C[C@@H]2NC(=O)[C@@H]3C[C@H](NCc4ccccc4OC)CN3C2=O)cc1. The number of fused-ring (bicyclic) bond motifs is 1. The molecule has 158 valence electrons. The van der Waals surface area contributed by atoms with E-state index in [-0.39, 0.29) is 17.9 Å². The fraction of sp³-hybridized carbons (Fsp3) is 0.391. The minimum atomic E-state index is -0.532. The fourth-order valence-electron chi connectivity index (χ4n) is 4.24. The Balaban J connectivity index is 1.38. The van der Waals surface area contributed by atoms with Gasteiger partial charge in [-0.25, -0.2) is 0 Å². The predicted molar refractivity (Wildman–Crippen MR) is 112 cm³/mol. The molecule has 2 N–H and O–H groups in total. The van der Waals surface area contributed by atoms with Gasteiger partial charge in [-0.3, -0.25) is 9.59 Å². The Morgan fingerprint density at radius 3 is 2.57 bits per heavy atom. The van der Waals surface area contributed by atoms with Gasteiger partial charge in [0.1, 0.15) is 23.6 Å². The molecule has 0 unspecified atom stereocenters. The second-order valence-corrected chi connectivity index (χ2v) is 7.75. The van der Waals surface area contributed by atoms with Gasteiger partial charge < -0.3 is 25.0 Å². The van der Waals surface area contributed by atoms with E-state index >= 15 is 0 Å². The van der Waals surface area contributed by atoms with Crippen molar-refractivity contribution < 1.29 is 19.1 Å². The van der Waals surface area contributed by atoms with E-state index in [1.165, 1.54) is 0 Å². The largest absolute Gasteiger partial charge is 0.497 e. The Bertz CT molecular complexity index is 915. The van der Waals surface area contributed by atoms with Gasteiger partial charge in [0.25, 0.3) is 0 Å². The van der Waals surface area contributed by atoms with Crippen LogP contribution in [0.15, 0.2) is 48.5 Å². The molecule has 2 fully saturated rings. The van der Waals surface area contributed by atoms with Crippen LogP contribution in [0.2, 0.25) is 0 Å². The third kappa shape index (κ3) is 4.11. The van der Waals surface area contributed by atoms with Gasteiger partial charge in [0.15, 0.2) is 0 Å². The smallest absolute Gasteiger partial charge is 0.246 e. The Morgan fingerprint density at radius 2 is 1.83 bits per heavy atom. The van der Waals surface area contributed by atoms with Crippen LogP contribution in [0.4, 0.5) is 0 Å². The summed E-state index contributed by atoms with van der Waals surface area (Å²) in [6.45, 7) is 1.16. The molecule has 2 aromatic rings. The van der Waals surface area contributed by atoms with Crippen LogP contribution in [0, 0.1) is 0 Å². The Labute approximate surface area is 176 Å². The van der Waals surface area contributed by atoms with Gasteiger partial charge in [0, 0.05) is 31.1 Å². The number of nitrogens with zero attached hydrogens (tertiary/aromatic N) is 1. The van der Waals surface area contributed by atoms with Crippen molar-refractivity contribution in [2.45, 2.75) is 37.5 Å². The number of ether oxygens (including phenoxy) is 2. The zero-order valence-electron chi connectivity index (χ0n) is 17.3. The first-order chi connectivity index (χ1) is 14.6. The van der Waals surface area contributed by atoms with Gasteiger partial charge in [-0.05, 0) is 30.2 Å². The lowest BCUT2D eigenvalue weighted by atomic mass is 10.0. The number of para-hydroxylation sites is 1. The number of carbonyl (C=O) groups excluding carboxylic acids is 2. The standard InChI is InChI=1S/C23H27N3O4/c1-29-18-9-7-15(8-10-18)11-19-23(28)26-14-17(12-20(26)22(27)25-19)24-13-16-5-3-4-6-21(16)30-2/h3-10,17,19-20,24H,11-14H2,1-2H3,(H,25,27)/t17-,19-,20-/m0/s1. The van der Waals surface area contributed by atoms with Crippen LogP contribution in [0.25, 0.3) is 0 Å². The van der Waals surface area contributed by atoms with Crippen molar-refractivity contribution in [2.75, 3.05) is 20.8 Å². The van der Waals surface area contributed by atoms with Crippen LogP contribution in [0.3, 0.4) is 0 Å². The highest BCUT2D eigenvalue weighted by Crippen LogP contribution is 2.25. The first-order valence-corrected chi connectivity index (χ1v) is 10.2. The molecule has 0 saturated carbocycles. The van der Waals surface area contributed by atoms with Crippen molar-refractivity contribution >= 4 is 11.8 Å². The van der Waals surface area contributed by atoms with Crippen molar-refractivity contribution in [3.8, 4) is 11.5 Å². The summed E-state index contributed by atoms with van der Waals surface area (Å²) in [5.41, 5.74) is 2.04. The first-order valence-electron chi connectivity index (χ1n) is 10.2. The zero-order chi connectivity index (χ0) is 21.1. The second kappa shape index (κ2) is 8.75. The molecule has 3 atom stereocenters. The Hall–Kier alpha value is -3.06. The number of amides is 2. The number of hydrogen-bond acceptors (Lipinski definition) is 5. The Kier molecular flexibility index (Phi) is 5.90. The number of hydrogen-bond donors (Lipinski definition) is 2. The summed E-state index contributed by atoms with van der Waals surface area (Å²) in [6.07, 6.45) is 1.08. The average Bonchev–Trinajstić information content (AvgIpc) is 3.22. The first kappa shape index (κ1) is 20.2. The van der Waals surface area contributed by atoms with Gasteiger partial charge in [-0.2, -0.15) is 0 Å². The predicted octanol–water partition coefficient (Wildman–Crippen LogP) is 1.50. The Morgan fingerprint density at radius 1 is 1.07 bits per heavy atom. The highest BCUT2D eigenvalue weighted by atomic mass is 16.5. The highest BCUT2D eigenvalue weighted by molar-refractivity contribution is 5.97. The van der Waals surface area contributed by atoms with Gasteiger partial charge in [-0.1, -0.05) is 30.3 Å². The van der Waals surface area contributed by atoms with Crippen molar-refractivity contribution in [3.05, 3.63) is 59.7 Å². The molecule has 0 aliphatic carbocycles. The minimum absolute atomic E-state index is 0.0167. The third-order valence-corrected chi connectivity index (χ3v) is 5.87. The maximum Gasteiger partial charge on any atom is 0.246 e. The molecular formula is C23H27N3O4. The number of benzene rings is 2. The molecule has 2 amide bonds. The van der Waals surface area contributed by atoms with Crippen molar-refractivity contribution in [2.24, 2.45) is 0 Å². The number of nitrogens with one attached hydrogen (secondary N) is 2. The number of rotatable bonds is 7. The lowest BCUT2D eigenvalue weighted by molar-refractivity contribution is -0.147. The number of piperazine rings is 1. The molecule has 30 heavy (non-hydrogen) atoms. The molecule has 0 spiro atoms. The van der Waals surface area contributed by atoms with E-state index in [1.54, 1.807) is 19.1 Å². The molecule has 0 radical (unpaired) electrons. The van der Waals surface area contributed by atoms with Crippen LogP contribution in [0.1, 0.15) is 17.5 Å². The number of carbonyl (C=O) groups is 2. The van der Waals surface area contributed by atoms with E-state index in [0.29, 0.717) is 25.9 Å². The lowest BCUT2D eigenvalue weighted by Crippen LogP contribution is -2.61. The summed E-state index contributed by atoms with van der Waals surface area (Å²) in [5, 5.41) is 6.40. The van der Waals surface area contributed by atoms with E-state index < -0.39 is 12.1 Å². The van der Waals surface area contributed by atoms with Crippen LogP contribution < -0.4 is 20.1 Å². The molecule has 2 aliphatic heterocycles. The molecule has 2 aromatic carbocycles. The van der Waals surface area contributed by atoms with Crippen molar-refractivity contribution in [3.63, 3.8) is 0 Å². The summed E-state index contributed by atoms with van der Waals surface area (Å²) in [4.78, 5) is 27.4. The molecule has 0 bridgehead atoms. The van der Waals surface area contributed by atoms with Crippen LogP contribution in [-0.4, -0.2) is 55.6 Å². The molecule has 2 heterocycles. The topological polar surface area (TPSA) is 79.9 Å². The molecule has 4 rings (SSSR count). The van der Waals surface area contributed by atoms with E-state index in [1.807, 2.05) is 48.5 Å². The van der Waals surface area contributed by atoms with Gasteiger partial charge in [0.05, 0.1) is 14.2 Å². The van der Waals surface area contributed by atoms with Crippen molar-refractivity contribution in [1.29, 1.82) is 0 Å². The maximum absolute atomic E-state index is 13.0.